The van der Waals surface area contributed by atoms with Crippen LogP contribution in [0.1, 0.15) is 17.5 Å². The van der Waals surface area contributed by atoms with Crippen molar-refractivity contribution in [3.05, 3.63) is 53.6 Å². The lowest BCUT2D eigenvalue weighted by Crippen LogP contribution is -2.36. The highest BCUT2D eigenvalue weighted by molar-refractivity contribution is 7.99. The van der Waals surface area contributed by atoms with E-state index in [1.54, 1.807) is 11.8 Å². The minimum atomic E-state index is 0.0560. The summed E-state index contributed by atoms with van der Waals surface area (Å²) in [7, 11) is 0. The third kappa shape index (κ3) is 5.26. The van der Waals surface area contributed by atoms with E-state index in [-0.39, 0.29) is 5.91 Å². The molecule has 3 rings (SSSR count). The molecule has 1 N–H and O–H groups in total. The highest BCUT2D eigenvalue weighted by Gasteiger charge is 2.12. The summed E-state index contributed by atoms with van der Waals surface area (Å²) in [6.07, 6.45) is 0.499. The number of amides is 1. The van der Waals surface area contributed by atoms with Crippen molar-refractivity contribution in [1.82, 2.24) is 0 Å². The Hall–Kier alpha value is -1.98. The molecule has 0 radical (unpaired) electrons. The molecule has 1 amide bonds. The van der Waals surface area contributed by atoms with Gasteiger partial charge in [-0.15, -0.1) is 11.8 Å². The molecule has 26 heavy (non-hydrogen) atoms. The standard InChI is InChI=1S/C21H26N2O2S/c1-16-6-7-20(14-17(16)2)26-13-8-21(24)22-18-4-3-5-19(15-18)23-9-11-25-12-10-23/h3-7,14-15H,8-13H2,1-2H3,(H,22,24). The number of hydrogen-bond acceptors (Lipinski definition) is 4. The number of anilines is 2. The molecule has 0 spiro atoms. The number of rotatable bonds is 6. The highest BCUT2D eigenvalue weighted by Crippen LogP contribution is 2.23. The van der Waals surface area contributed by atoms with Crippen molar-refractivity contribution in [3.63, 3.8) is 0 Å². The molecule has 1 heterocycles. The predicted molar refractivity (Wildman–Crippen MR) is 109 cm³/mol. The molecule has 0 aromatic heterocycles. The van der Waals surface area contributed by atoms with Crippen LogP contribution in [-0.4, -0.2) is 38.0 Å². The lowest BCUT2D eigenvalue weighted by atomic mass is 10.1. The third-order valence-electron chi connectivity index (χ3n) is 4.58. The van der Waals surface area contributed by atoms with Crippen LogP contribution < -0.4 is 10.2 Å². The molecule has 0 aliphatic carbocycles. The first-order valence-electron chi connectivity index (χ1n) is 9.04. The summed E-state index contributed by atoms with van der Waals surface area (Å²) in [5.41, 5.74) is 4.58. The largest absolute Gasteiger partial charge is 0.378 e. The molecule has 1 aliphatic rings. The Kier molecular flexibility index (Phi) is 6.58. The Balaban J connectivity index is 1.49. The van der Waals surface area contributed by atoms with E-state index in [0.29, 0.717) is 6.42 Å². The van der Waals surface area contributed by atoms with Gasteiger partial charge in [-0.05, 0) is 55.3 Å². The maximum absolute atomic E-state index is 12.3. The maximum Gasteiger partial charge on any atom is 0.225 e. The number of benzene rings is 2. The van der Waals surface area contributed by atoms with Crippen LogP contribution in [0, 0.1) is 13.8 Å². The fourth-order valence-electron chi connectivity index (χ4n) is 2.89. The number of nitrogens with zero attached hydrogens (tertiary/aromatic N) is 1. The number of aryl methyl sites for hydroxylation is 2. The predicted octanol–water partition coefficient (Wildman–Crippen LogP) is 4.26. The van der Waals surface area contributed by atoms with Crippen LogP contribution in [0.3, 0.4) is 0 Å². The fraction of sp³-hybridized carbons (Fsp3) is 0.381. The Morgan fingerprint density at radius 1 is 1.12 bits per heavy atom. The molecule has 0 bridgehead atoms. The quantitative estimate of drug-likeness (QED) is 0.772. The second-order valence-corrected chi connectivity index (χ2v) is 7.71. The molecule has 2 aromatic carbocycles. The Morgan fingerprint density at radius 2 is 1.92 bits per heavy atom. The van der Waals surface area contributed by atoms with Gasteiger partial charge in [0.05, 0.1) is 13.2 Å². The lowest BCUT2D eigenvalue weighted by Gasteiger charge is -2.29. The number of carbonyl (C=O) groups is 1. The van der Waals surface area contributed by atoms with Gasteiger partial charge in [-0.1, -0.05) is 12.1 Å². The normalized spacial score (nSPS) is 14.3. The minimum absolute atomic E-state index is 0.0560. The first-order valence-corrected chi connectivity index (χ1v) is 10.0. The van der Waals surface area contributed by atoms with Gasteiger partial charge in [0.25, 0.3) is 0 Å². The molecular formula is C21H26N2O2S. The van der Waals surface area contributed by atoms with Crippen LogP contribution in [0.4, 0.5) is 11.4 Å². The zero-order valence-corrected chi connectivity index (χ0v) is 16.3. The molecule has 5 heteroatoms. The molecule has 4 nitrogen and oxygen atoms in total. The van der Waals surface area contributed by atoms with E-state index in [4.69, 9.17) is 4.74 Å². The second kappa shape index (κ2) is 9.10. The fourth-order valence-corrected chi connectivity index (χ4v) is 3.84. The smallest absolute Gasteiger partial charge is 0.225 e. The average Bonchev–Trinajstić information content (AvgIpc) is 2.65. The van der Waals surface area contributed by atoms with Gasteiger partial charge in [-0.3, -0.25) is 4.79 Å². The lowest BCUT2D eigenvalue weighted by molar-refractivity contribution is -0.115. The molecule has 0 atom stereocenters. The van der Waals surface area contributed by atoms with E-state index in [1.165, 1.54) is 16.0 Å². The van der Waals surface area contributed by atoms with E-state index in [1.807, 2.05) is 18.2 Å². The van der Waals surface area contributed by atoms with Gasteiger partial charge in [0.2, 0.25) is 5.91 Å². The molecule has 0 saturated carbocycles. The summed E-state index contributed by atoms with van der Waals surface area (Å²) in [5, 5.41) is 3.02. The summed E-state index contributed by atoms with van der Waals surface area (Å²) >= 11 is 1.73. The summed E-state index contributed by atoms with van der Waals surface area (Å²) in [4.78, 5) is 15.8. The van der Waals surface area contributed by atoms with Crippen molar-refractivity contribution in [3.8, 4) is 0 Å². The molecule has 0 unspecified atom stereocenters. The number of morpholine rings is 1. The van der Waals surface area contributed by atoms with E-state index in [0.717, 1.165) is 43.4 Å². The zero-order valence-electron chi connectivity index (χ0n) is 15.5. The van der Waals surface area contributed by atoms with Gasteiger partial charge < -0.3 is 15.0 Å². The Bertz CT molecular complexity index is 757. The van der Waals surface area contributed by atoms with Crippen LogP contribution in [0.15, 0.2) is 47.4 Å². The van der Waals surface area contributed by atoms with Crippen molar-refractivity contribution >= 4 is 29.0 Å². The van der Waals surface area contributed by atoms with Crippen molar-refractivity contribution in [2.24, 2.45) is 0 Å². The topological polar surface area (TPSA) is 41.6 Å². The number of ether oxygens (including phenoxy) is 1. The third-order valence-corrected chi connectivity index (χ3v) is 5.58. The molecule has 2 aromatic rings. The number of nitrogens with one attached hydrogen (secondary N) is 1. The molecular weight excluding hydrogens is 344 g/mol. The maximum atomic E-state index is 12.3. The summed E-state index contributed by atoms with van der Waals surface area (Å²) in [6.45, 7) is 7.53. The van der Waals surface area contributed by atoms with Crippen LogP contribution >= 0.6 is 11.8 Å². The first-order chi connectivity index (χ1) is 12.6. The van der Waals surface area contributed by atoms with Gasteiger partial charge in [-0.25, -0.2) is 0 Å². The number of thioether (sulfide) groups is 1. The Labute approximate surface area is 159 Å². The van der Waals surface area contributed by atoms with Crippen molar-refractivity contribution in [2.75, 3.05) is 42.3 Å². The van der Waals surface area contributed by atoms with E-state index in [2.05, 4.69) is 48.3 Å². The van der Waals surface area contributed by atoms with Crippen molar-refractivity contribution in [1.29, 1.82) is 0 Å². The SMILES string of the molecule is Cc1ccc(SCCC(=O)Nc2cccc(N3CCOCC3)c2)cc1C. The highest BCUT2D eigenvalue weighted by atomic mass is 32.2. The van der Waals surface area contributed by atoms with Crippen LogP contribution in [0.2, 0.25) is 0 Å². The first kappa shape index (κ1) is 18.8. The van der Waals surface area contributed by atoms with Crippen LogP contribution in [0.5, 0.6) is 0 Å². The molecule has 1 saturated heterocycles. The zero-order chi connectivity index (χ0) is 18.4. The van der Waals surface area contributed by atoms with Crippen molar-refractivity contribution in [2.45, 2.75) is 25.2 Å². The van der Waals surface area contributed by atoms with Crippen LogP contribution in [-0.2, 0) is 9.53 Å². The van der Waals surface area contributed by atoms with Gasteiger partial charge in [0.1, 0.15) is 0 Å². The van der Waals surface area contributed by atoms with E-state index < -0.39 is 0 Å². The Morgan fingerprint density at radius 3 is 2.69 bits per heavy atom. The molecule has 138 valence electrons. The average molecular weight is 371 g/mol. The van der Waals surface area contributed by atoms with Crippen LogP contribution in [0.25, 0.3) is 0 Å². The van der Waals surface area contributed by atoms with Gasteiger partial charge in [0.15, 0.2) is 0 Å². The molecule has 1 fully saturated rings. The number of hydrogen-bond donors (Lipinski definition) is 1. The number of carbonyl (C=O) groups excluding carboxylic acids is 1. The van der Waals surface area contributed by atoms with Gasteiger partial charge in [-0.2, -0.15) is 0 Å². The summed E-state index contributed by atoms with van der Waals surface area (Å²) in [5.74, 6) is 0.831. The minimum Gasteiger partial charge on any atom is -0.378 e. The van der Waals surface area contributed by atoms with Gasteiger partial charge in [0, 0.05) is 41.5 Å². The monoisotopic (exact) mass is 370 g/mol. The summed E-state index contributed by atoms with van der Waals surface area (Å²) in [6, 6.07) is 14.5. The second-order valence-electron chi connectivity index (χ2n) is 6.54. The van der Waals surface area contributed by atoms with E-state index in [9.17, 15) is 4.79 Å². The summed E-state index contributed by atoms with van der Waals surface area (Å²) < 4.78 is 5.40. The van der Waals surface area contributed by atoms with Crippen molar-refractivity contribution < 1.29 is 9.53 Å². The molecule has 1 aliphatic heterocycles. The van der Waals surface area contributed by atoms with E-state index >= 15 is 0 Å². The van der Waals surface area contributed by atoms with Gasteiger partial charge >= 0.3 is 0 Å².